The average Bonchev–Trinajstić information content (AvgIpc) is 3.26. The van der Waals surface area contributed by atoms with Crippen molar-refractivity contribution in [1.29, 1.82) is 0 Å². The molecule has 0 spiro atoms. The van der Waals surface area contributed by atoms with Gasteiger partial charge in [-0.3, -0.25) is 14.6 Å². The molecule has 0 aliphatic carbocycles. The molecule has 310 valence electrons. The smallest absolute Gasteiger partial charge is 0.326 e. The number of hydrogen-bond donors (Lipinski definition) is 2. The van der Waals surface area contributed by atoms with E-state index in [1.807, 2.05) is 86.6 Å². The Labute approximate surface area is 361 Å². The summed E-state index contributed by atoms with van der Waals surface area (Å²) in [6, 6.07) is 28.6. The number of nitrogens with one attached hydrogen (secondary N) is 1. The van der Waals surface area contributed by atoms with Crippen molar-refractivity contribution in [2.75, 3.05) is 6.61 Å². The van der Waals surface area contributed by atoms with Crippen molar-refractivity contribution in [2.45, 2.75) is 58.0 Å². The molecule has 2 aliphatic rings. The highest BCUT2D eigenvalue weighted by atomic mass is 35.5. The molecule has 2 N–H and O–H groups in total. The van der Waals surface area contributed by atoms with Crippen LogP contribution in [0.4, 0.5) is 4.39 Å². The zero-order valence-corrected chi connectivity index (χ0v) is 34.7. The molecular weight excluding hydrogens is 820 g/mol. The van der Waals surface area contributed by atoms with Crippen molar-refractivity contribution in [2.24, 2.45) is 0 Å². The van der Waals surface area contributed by atoms with E-state index in [1.165, 1.54) is 29.2 Å². The Kier molecular flexibility index (Phi) is 12.0. The number of halogens is 3. The normalized spacial score (nSPS) is 16.0. The summed E-state index contributed by atoms with van der Waals surface area (Å²) in [5, 5.41) is 13.9. The van der Waals surface area contributed by atoms with Gasteiger partial charge in [0.15, 0.2) is 17.6 Å². The SMILES string of the molecule is Cc1nccc(-c2ccc(C[C@H](NC(=O)[C@@H]3Cc4cc5c(cc4CN3C(=O)c3ccc(F)cc3)O[C@@H](c3ccc(OCc4ccc(Cl)c(Cl)c4)cc3)CO5)C(=O)O)cc2)c1C. The number of hydrogen-bond acceptors (Lipinski definition) is 7. The van der Waals surface area contributed by atoms with Gasteiger partial charge in [-0.2, -0.15) is 0 Å². The summed E-state index contributed by atoms with van der Waals surface area (Å²) in [6.45, 7) is 4.48. The fourth-order valence-corrected chi connectivity index (χ4v) is 7.89. The van der Waals surface area contributed by atoms with E-state index in [0.29, 0.717) is 39.5 Å². The first-order valence-electron chi connectivity index (χ1n) is 19.6. The largest absolute Gasteiger partial charge is 0.489 e. The van der Waals surface area contributed by atoms with Crippen LogP contribution in [0.1, 0.15) is 55.5 Å². The Morgan fingerprint density at radius 2 is 1.61 bits per heavy atom. The summed E-state index contributed by atoms with van der Waals surface area (Å²) in [5.41, 5.74) is 8.05. The van der Waals surface area contributed by atoms with E-state index in [1.54, 1.807) is 18.3 Å². The van der Waals surface area contributed by atoms with E-state index in [2.05, 4.69) is 10.3 Å². The number of carbonyl (C=O) groups excluding carboxylic acids is 2. The predicted octanol–water partition coefficient (Wildman–Crippen LogP) is 9.28. The number of aromatic nitrogens is 1. The van der Waals surface area contributed by atoms with Crippen molar-refractivity contribution in [3.8, 4) is 28.4 Å². The molecule has 1 aromatic heterocycles. The summed E-state index contributed by atoms with van der Waals surface area (Å²) < 4.78 is 32.5. The van der Waals surface area contributed by atoms with Crippen LogP contribution in [0.2, 0.25) is 10.0 Å². The molecule has 0 saturated heterocycles. The van der Waals surface area contributed by atoms with E-state index in [-0.39, 0.29) is 31.6 Å². The number of fused-ring (bicyclic) bond motifs is 2. The lowest BCUT2D eigenvalue weighted by Crippen LogP contribution is -2.56. The van der Waals surface area contributed by atoms with Crippen LogP contribution >= 0.6 is 23.2 Å². The monoisotopic (exact) mass is 859 g/mol. The number of amides is 2. The van der Waals surface area contributed by atoms with Gasteiger partial charge in [-0.1, -0.05) is 65.7 Å². The highest BCUT2D eigenvalue weighted by molar-refractivity contribution is 6.42. The molecule has 0 bridgehead atoms. The third-order valence-corrected chi connectivity index (χ3v) is 11.9. The second kappa shape index (κ2) is 17.7. The molecule has 61 heavy (non-hydrogen) atoms. The lowest BCUT2D eigenvalue weighted by Gasteiger charge is -2.37. The fraction of sp³-hybridized carbons (Fsp3) is 0.208. The lowest BCUT2D eigenvalue weighted by molar-refractivity contribution is -0.142. The second-order valence-electron chi connectivity index (χ2n) is 15.1. The molecule has 0 radical (unpaired) electrons. The Morgan fingerprint density at radius 1 is 0.885 bits per heavy atom. The minimum absolute atomic E-state index is 0.00288. The molecular formula is C48H40Cl2FN3O7. The number of rotatable bonds is 11. The number of benzene rings is 5. The number of pyridine rings is 1. The van der Waals surface area contributed by atoms with E-state index in [4.69, 9.17) is 37.4 Å². The maximum Gasteiger partial charge on any atom is 0.326 e. The van der Waals surface area contributed by atoms with Crippen LogP contribution in [-0.4, -0.2) is 51.5 Å². The lowest BCUT2D eigenvalue weighted by atomic mass is 9.91. The third kappa shape index (κ3) is 9.18. The molecule has 8 rings (SSSR count). The molecule has 3 atom stereocenters. The van der Waals surface area contributed by atoms with Crippen molar-refractivity contribution in [3.63, 3.8) is 0 Å². The van der Waals surface area contributed by atoms with E-state index < -0.39 is 41.8 Å². The number of carbonyl (C=O) groups is 3. The highest BCUT2D eigenvalue weighted by Crippen LogP contribution is 2.41. The van der Waals surface area contributed by atoms with Crippen molar-refractivity contribution < 1.29 is 38.1 Å². The van der Waals surface area contributed by atoms with Gasteiger partial charge in [0.1, 0.15) is 36.9 Å². The number of ether oxygens (including phenoxy) is 3. The highest BCUT2D eigenvalue weighted by Gasteiger charge is 2.38. The van der Waals surface area contributed by atoms with Gasteiger partial charge in [0.2, 0.25) is 5.91 Å². The first-order chi connectivity index (χ1) is 29.4. The van der Waals surface area contributed by atoms with E-state index >= 15 is 0 Å². The topological polar surface area (TPSA) is 127 Å². The summed E-state index contributed by atoms with van der Waals surface area (Å²) in [4.78, 5) is 46.6. The Bertz CT molecular complexity index is 2620. The molecule has 2 aliphatic heterocycles. The van der Waals surface area contributed by atoms with Crippen LogP contribution in [0.5, 0.6) is 17.2 Å². The van der Waals surface area contributed by atoms with E-state index in [9.17, 15) is 23.9 Å². The average molecular weight is 861 g/mol. The molecule has 2 amide bonds. The first-order valence-corrected chi connectivity index (χ1v) is 20.4. The van der Waals surface area contributed by atoms with Gasteiger partial charge in [0, 0.05) is 36.8 Å². The molecule has 3 heterocycles. The van der Waals surface area contributed by atoms with Crippen LogP contribution in [0.3, 0.4) is 0 Å². The van der Waals surface area contributed by atoms with Gasteiger partial charge in [0.25, 0.3) is 5.91 Å². The van der Waals surface area contributed by atoms with Crippen LogP contribution in [-0.2, 0) is 35.6 Å². The quantitative estimate of drug-likeness (QED) is 0.132. The Balaban J connectivity index is 0.989. The minimum Gasteiger partial charge on any atom is -0.489 e. The maximum absolute atomic E-state index is 14.2. The maximum atomic E-state index is 14.2. The number of aryl methyl sites for hydroxylation is 1. The van der Waals surface area contributed by atoms with Gasteiger partial charge in [-0.25, -0.2) is 9.18 Å². The fourth-order valence-electron chi connectivity index (χ4n) is 7.57. The summed E-state index contributed by atoms with van der Waals surface area (Å²) in [7, 11) is 0. The van der Waals surface area contributed by atoms with Gasteiger partial charge >= 0.3 is 5.97 Å². The second-order valence-corrected chi connectivity index (χ2v) is 15.9. The van der Waals surface area contributed by atoms with Crippen LogP contribution in [0, 0.1) is 19.7 Å². The Morgan fingerprint density at radius 3 is 2.33 bits per heavy atom. The van der Waals surface area contributed by atoms with Crippen LogP contribution < -0.4 is 19.5 Å². The van der Waals surface area contributed by atoms with E-state index in [0.717, 1.165) is 44.6 Å². The molecule has 0 fully saturated rings. The molecule has 5 aromatic carbocycles. The van der Waals surface area contributed by atoms with Crippen LogP contribution in [0.15, 0.2) is 115 Å². The number of aliphatic carboxylic acids is 1. The summed E-state index contributed by atoms with van der Waals surface area (Å²) in [5.74, 6) is -1.26. The number of nitrogens with zero attached hydrogens (tertiary/aromatic N) is 2. The van der Waals surface area contributed by atoms with Crippen LogP contribution in [0.25, 0.3) is 11.1 Å². The molecule has 10 nitrogen and oxygen atoms in total. The third-order valence-electron chi connectivity index (χ3n) is 11.1. The van der Waals surface area contributed by atoms with Crippen molar-refractivity contribution in [1.82, 2.24) is 15.2 Å². The van der Waals surface area contributed by atoms with Gasteiger partial charge in [0.05, 0.1) is 10.0 Å². The van der Waals surface area contributed by atoms with Crippen molar-refractivity contribution >= 4 is 41.0 Å². The van der Waals surface area contributed by atoms with Gasteiger partial charge in [-0.05, 0) is 125 Å². The predicted molar refractivity (Wildman–Crippen MR) is 229 cm³/mol. The number of carboxylic acids is 1. The number of carboxylic acid groups (broad SMARTS) is 1. The van der Waals surface area contributed by atoms with Crippen molar-refractivity contribution in [3.05, 3.63) is 176 Å². The zero-order chi connectivity index (χ0) is 42.8. The molecule has 13 heteroatoms. The minimum atomic E-state index is -1.28. The first kappa shape index (κ1) is 41.3. The van der Waals surface area contributed by atoms with Gasteiger partial charge < -0.3 is 29.5 Å². The molecule has 6 aromatic rings. The summed E-state index contributed by atoms with van der Waals surface area (Å²) in [6.07, 6.45) is 1.39. The molecule has 0 unspecified atom stereocenters. The standard InChI is InChI=1S/C48H40Cl2FN3O7/c1-27-28(2)52-18-17-38(27)31-6-3-29(4-7-31)20-41(48(57)58)53-46(55)42-21-34-22-43-44(23-35(34)24-54(42)47(56)33-8-12-36(51)13-9-33)61-45(26-60-43)32-10-14-37(15-11-32)59-25-30-5-16-39(49)40(50)19-30/h3-19,22-23,41-42,45H,20-21,24-26H2,1-2H3,(H,53,55)(H,57,58)/t41-,42-,45+/m0/s1. The molecule has 0 saturated carbocycles. The van der Waals surface area contributed by atoms with Gasteiger partial charge in [-0.15, -0.1) is 0 Å². The Hall–Kier alpha value is -6.43. The summed E-state index contributed by atoms with van der Waals surface area (Å²) >= 11 is 12.2. The zero-order valence-electron chi connectivity index (χ0n) is 33.2.